The van der Waals surface area contributed by atoms with Crippen LogP contribution in [0.3, 0.4) is 0 Å². The van der Waals surface area contributed by atoms with E-state index in [0.29, 0.717) is 12.6 Å². The Kier molecular flexibility index (Phi) is 36.7. The van der Waals surface area contributed by atoms with E-state index in [9.17, 15) is 38.4 Å². The zero-order valence-electron chi connectivity index (χ0n) is 57.3. The summed E-state index contributed by atoms with van der Waals surface area (Å²) >= 11 is 7.71. The number of nitriles is 1. The fourth-order valence-electron chi connectivity index (χ4n) is 8.77. The Morgan fingerprint density at radius 2 is 0.979 bits per heavy atom. The highest BCUT2D eigenvalue weighted by Crippen LogP contribution is 2.26. The summed E-state index contributed by atoms with van der Waals surface area (Å²) < 4.78 is 15.9. The number of carbonyl (C=O) groups is 8. The molecular weight excluding hydrogens is 1510 g/mol. The minimum absolute atomic E-state index is 0.0352. The van der Waals surface area contributed by atoms with Crippen LogP contribution in [0.2, 0.25) is 0 Å². The number of alkyl halides is 1. The maximum absolute atomic E-state index is 13.2. The van der Waals surface area contributed by atoms with Crippen molar-refractivity contribution in [1.82, 2.24) is 39.0 Å². The van der Waals surface area contributed by atoms with Crippen molar-refractivity contribution in [3.05, 3.63) is 190 Å². The molecule has 2 aromatic heterocycles. The summed E-state index contributed by atoms with van der Waals surface area (Å²) in [5.41, 5.74) is 2.44. The first kappa shape index (κ1) is 83.0. The average Bonchev–Trinajstić information content (AvgIpc) is 1.56. The summed E-state index contributed by atoms with van der Waals surface area (Å²) in [4.78, 5) is 107. The van der Waals surface area contributed by atoms with Crippen molar-refractivity contribution in [2.45, 2.75) is 156 Å². The molecule has 7 rings (SSSR count). The van der Waals surface area contributed by atoms with Gasteiger partial charge in [-0.25, -0.2) is 9.59 Å². The highest BCUT2D eigenvalue weighted by Gasteiger charge is 2.33. The zero-order chi connectivity index (χ0) is 71.7. The zero-order valence-corrected chi connectivity index (χ0v) is 63.2. The quantitative estimate of drug-likeness (QED) is 0.0212. The van der Waals surface area contributed by atoms with Gasteiger partial charge in [0.1, 0.15) is 38.8 Å². The first-order valence-electron chi connectivity index (χ1n) is 31.3. The molecule has 4 aromatic carbocycles. The van der Waals surface area contributed by atoms with Gasteiger partial charge in [-0.05, 0) is 167 Å². The Hall–Kier alpha value is -7.25. The smallest absolute Gasteiger partial charge is 0.410 e. The van der Waals surface area contributed by atoms with Crippen LogP contribution in [0.5, 0.6) is 0 Å². The topological polar surface area (TPSA) is 240 Å². The second kappa shape index (κ2) is 42.4. The van der Waals surface area contributed by atoms with Gasteiger partial charge in [-0.3, -0.25) is 43.3 Å². The van der Waals surface area contributed by atoms with Crippen LogP contribution in [0.15, 0.2) is 163 Å². The lowest BCUT2D eigenvalue weighted by molar-refractivity contribution is -0.123. The third kappa shape index (κ3) is 30.9. The van der Waals surface area contributed by atoms with Gasteiger partial charge in [-0.15, -0.1) is 0 Å². The minimum Gasteiger partial charge on any atom is -0.444 e. The van der Waals surface area contributed by atoms with Crippen molar-refractivity contribution < 1.29 is 47.8 Å². The molecule has 510 valence electrons. The van der Waals surface area contributed by atoms with Crippen molar-refractivity contribution in [2.24, 2.45) is 4.99 Å². The van der Waals surface area contributed by atoms with Crippen LogP contribution in [0.25, 0.3) is 0 Å². The Labute approximate surface area is 603 Å². The molecule has 0 N–H and O–H groups in total. The molecule has 1 aliphatic heterocycles. The van der Waals surface area contributed by atoms with Gasteiger partial charge >= 0.3 is 12.2 Å². The first-order chi connectivity index (χ1) is 45.3. The summed E-state index contributed by atoms with van der Waals surface area (Å²) in [6, 6.07) is 41.7. The average molecular weight is 1600 g/mol. The predicted molar refractivity (Wildman–Crippen MR) is 400 cm³/mol. The lowest BCUT2D eigenvalue weighted by atomic mass is 9.91. The van der Waals surface area contributed by atoms with E-state index in [1.807, 2.05) is 222 Å². The summed E-state index contributed by atoms with van der Waals surface area (Å²) in [5.74, 6) is -0.199. The molecule has 6 aromatic rings. The molecule has 2 radical (unpaired) electrons. The SMILES string of the molecule is CC(C)N(CC(=O)C(c1ccccc1)n1ccc(C#N)n1)C(=O)OC(C)(C)C.CC(C)N(CC(=O)C(c1ccccc1)n1ccc(I)n1)C(=O)OC(C)(C)C.CC(C)N([B]C=O)CC(=O)C(Br)c1ccccc1.CC(C)N([B]C=O)CC(=O)Cc1ccccc1.IC1=NCC=C1. The van der Waals surface area contributed by atoms with E-state index in [1.165, 1.54) is 29.3 Å². The molecule has 3 unspecified atom stereocenters. The summed E-state index contributed by atoms with van der Waals surface area (Å²) in [5, 5.41) is 17.7. The number of aromatic nitrogens is 4. The number of ether oxygens (including phenoxy) is 2. The number of Topliss-reactive ketones (excluding diaryl/α,β-unsaturated/α-hetero) is 4. The first-order valence-corrected chi connectivity index (χ1v) is 34.4. The molecule has 0 bridgehead atoms. The molecule has 0 saturated carbocycles. The molecule has 25 heteroatoms. The van der Waals surface area contributed by atoms with Gasteiger partial charge in [0.25, 0.3) is 14.8 Å². The molecule has 2 amide bonds. The second-order valence-electron chi connectivity index (χ2n) is 25.0. The van der Waals surface area contributed by atoms with Crippen LogP contribution in [0.1, 0.15) is 142 Å². The van der Waals surface area contributed by atoms with Gasteiger partial charge in [0.2, 0.25) is 0 Å². The van der Waals surface area contributed by atoms with E-state index in [4.69, 9.17) is 14.7 Å². The van der Waals surface area contributed by atoms with Crippen LogP contribution >= 0.6 is 61.1 Å². The molecule has 3 heterocycles. The molecule has 0 fully saturated rings. The number of allylic oxidation sites excluding steroid dienone is 1. The van der Waals surface area contributed by atoms with Crippen molar-refractivity contribution in [3.63, 3.8) is 0 Å². The Bertz CT molecular complexity index is 3500. The van der Waals surface area contributed by atoms with E-state index < -0.39 is 35.5 Å². The van der Waals surface area contributed by atoms with E-state index in [2.05, 4.69) is 76.3 Å². The molecular formula is C71H89B2BrI2N10O10. The second-order valence-corrected chi connectivity index (χ2v) is 28.1. The summed E-state index contributed by atoms with van der Waals surface area (Å²) in [6.07, 6.45) is 8.24. The third-order valence-electron chi connectivity index (χ3n) is 13.6. The van der Waals surface area contributed by atoms with E-state index >= 15 is 0 Å². The summed E-state index contributed by atoms with van der Waals surface area (Å²) in [7, 11) is 2.83. The van der Waals surface area contributed by atoms with Gasteiger partial charge in [-0.2, -0.15) is 15.5 Å². The van der Waals surface area contributed by atoms with E-state index in [-0.39, 0.29) is 84.0 Å². The predicted octanol–water partition coefficient (Wildman–Crippen LogP) is 12.8. The van der Waals surface area contributed by atoms with Gasteiger partial charge < -0.3 is 28.7 Å². The number of halogens is 3. The Morgan fingerprint density at radius 1 is 0.573 bits per heavy atom. The number of hydrogen-bond donors (Lipinski definition) is 0. The van der Waals surface area contributed by atoms with Crippen molar-refractivity contribution in [2.75, 3.05) is 32.7 Å². The minimum atomic E-state index is -0.744. The van der Waals surface area contributed by atoms with Crippen LogP contribution in [-0.2, 0) is 44.7 Å². The number of benzene rings is 4. The van der Waals surface area contributed by atoms with E-state index in [1.54, 1.807) is 53.5 Å². The lowest BCUT2D eigenvalue weighted by Gasteiger charge is -2.30. The number of amides is 2. The largest absolute Gasteiger partial charge is 0.444 e. The molecule has 3 atom stereocenters. The van der Waals surface area contributed by atoms with Crippen molar-refractivity contribution in [1.29, 1.82) is 5.26 Å². The van der Waals surface area contributed by atoms with Gasteiger partial charge in [-0.1, -0.05) is 171 Å². The highest BCUT2D eigenvalue weighted by molar-refractivity contribution is 14.1. The van der Waals surface area contributed by atoms with Gasteiger partial charge in [0.05, 0.1) is 40.6 Å². The summed E-state index contributed by atoms with van der Waals surface area (Å²) in [6.45, 7) is 27.2. The van der Waals surface area contributed by atoms with Crippen LogP contribution < -0.4 is 0 Å². The molecule has 20 nitrogen and oxygen atoms in total. The van der Waals surface area contributed by atoms with Crippen LogP contribution in [0, 0.1) is 15.0 Å². The number of rotatable bonds is 26. The normalized spacial score (nSPS) is 12.5. The monoisotopic (exact) mass is 1600 g/mol. The van der Waals surface area contributed by atoms with Crippen molar-refractivity contribution in [3.8, 4) is 6.07 Å². The van der Waals surface area contributed by atoms with E-state index in [0.717, 1.165) is 42.4 Å². The molecule has 0 spiro atoms. The molecule has 0 aliphatic carbocycles. The third-order valence-corrected chi connectivity index (χ3v) is 15.9. The molecule has 0 saturated heterocycles. The number of hydrogen-bond acceptors (Lipinski definition) is 16. The number of aliphatic imine (C=N–C) groups is 1. The number of ketones is 4. The lowest BCUT2D eigenvalue weighted by Crippen LogP contribution is -2.45. The maximum Gasteiger partial charge on any atom is 0.410 e. The number of carbonyl (C=O) groups excluding carboxylic acids is 8. The maximum atomic E-state index is 13.2. The van der Waals surface area contributed by atoms with Crippen LogP contribution in [0.4, 0.5) is 9.59 Å². The van der Waals surface area contributed by atoms with Gasteiger partial charge in [0.15, 0.2) is 23.0 Å². The highest BCUT2D eigenvalue weighted by atomic mass is 127. The van der Waals surface area contributed by atoms with Crippen LogP contribution in [-0.4, -0.2) is 173 Å². The standard InChI is InChI=1S/C21H26N4O3.C20H26IN3O3.C13H16BBrNO2.C13H17BNO2.C4H4IN/c1-15(2)24(20(27)28-21(3,4)5)14-18(26)19(16-9-7-6-8-10-16)25-12-11-17(13-22)23-25;1-14(2)23(19(26)27-20(3,4)5)13-16(25)18(15-9-7-6-8-10-15)24-12-11-17(21)22-24;1-10(2)16(14-9-17)8-12(18)13(15)11-6-4-3-5-7-11;1-11(2)15(14-10-16)9-13(17)8-12-6-4-3-5-7-12;5-4-2-1-3-6-4/h6-12,15,19H,14H2,1-5H3;6-12,14,18H,13H2,1-5H3;3-7,9-10,13H,8H2,1-2H3;3-7,10-11H,8-9H2,1-2H3;1-2H,3H2. The fourth-order valence-corrected chi connectivity index (χ4v) is 10.1. The molecule has 96 heavy (non-hydrogen) atoms. The van der Waals surface area contributed by atoms with Gasteiger partial charge in [0, 0.05) is 44.0 Å². The Balaban J connectivity index is 0.000000329. The number of nitrogens with zero attached hydrogens (tertiary/aromatic N) is 10. The molecule has 1 aliphatic rings. The van der Waals surface area contributed by atoms with Crippen molar-refractivity contribution >= 4 is 127 Å². The fraction of sp³-hybridized carbons (Fsp3) is 0.408. The Morgan fingerprint density at radius 3 is 1.31 bits per heavy atom.